The molecule has 4 rings (SSSR count). The normalized spacial score (nSPS) is 10.6. The minimum Gasteiger partial charge on any atom is -0.484 e. The van der Waals surface area contributed by atoms with Crippen molar-refractivity contribution in [3.8, 4) is 16.9 Å². The maximum absolute atomic E-state index is 12.3. The highest BCUT2D eigenvalue weighted by molar-refractivity contribution is 5.78. The summed E-state index contributed by atoms with van der Waals surface area (Å²) in [4.78, 5) is 12.3. The molecule has 3 aromatic carbocycles. The number of hydrogen-bond donors (Lipinski definition) is 1. The van der Waals surface area contributed by atoms with E-state index < -0.39 is 0 Å². The average Bonchev–Trinajstić information content (AvgIpc) is 3.30. The van der Waals surface area contributed by atoms with Crippen LogP contribution in [0.4, 0.5) is 0 Å². The molecule has 0 radical (unpaired) electrons. The van der Waals surface area contributed by atoms with E-state index in [-0.39, 0.29) is 12.5 Å². The van der Waals surface area contributed by atoms with Gasteiger partial charge in [-0.25, -0.2) is 0 Å². The van der Waals surface area contributed by atoms with E-state index in [0.29, 0.717) is 12.3 Å². The summed E-state index contributed by atoms with van der Waals surface area (Å²) >= 11 is 0. The topological polar surface area (TPSA) is 56.1 Å². The van der Waals surface area contributed by atoms with Gasteiger partial charge in [0.15, 0.2) is 6.61 Å². The molecule has 156 valence electrons. The number of ether oxygens (including phenoxy) is 1. The number of aryl methyl sites for hydroxylation is 1. The van der Waals surface area contributed by atoms with Crippen LogP contribution >= 0.6 is 0 Å². The molecule has 5 heteroatoms. The molecule has 31 heavy (non-hydrogen) atoms. The van der Waals surface area contributed by atoms with Crippen molar-refractivity contribution in [3.05, 3.63) is 108 Å². The van der Waals surface area contributed by atoms with Gasteiger partial charge >= 0.3 is 0 Å². The van der Waals surface area contributed by atoms with E-state index in [9.17, 15) is 4.79 Å². The molecule has 0 bridgehead atoms. The van der Waals surface area contributed by atoms with E-state index in [0.717, 1.165) is 28.8 Å². The fraction of sp³-hybridized carbons (Fsp3) is 0.154. The third-order valence-electron chi connectivity index (χ3n) is 5.02. The van der Waals surface area contributed by atoms with E-state index in [4.69, 9.17) is 4.74 Å². The number of nitrogens with one attached hydrogen (secondary N) is 1. The summed E-state index contributed by atoms with van der Waals surface area (Å²) in [5.74, 6) is 0.552. The van der Waals surface area contributed by atoms with Crippen molar-refractivity contribution in [2.24, 2.45) is 0 Å². The molecule has 1 amide bonds. The van der Waals surface area contributed by atoms with E-state index in [1.165, 1.54) is 5.56 Å². The molecule has 1 aromatic heterocycles. The Balaban J connectivity index is 1.37. The maximum Gasteiger partial charge on any atom is 0.258 e. The van der Waals surface area contributed by atoms with Crippen LogP contribution in [0.5, 0.6) is 5.75 Å². The zero-order valence-corrected chi connectivity index (χ0v) is 17.5. The van der Waals surface area contributed by atoms with Crippen molar-refractivity contribution in [1.29, 1.82) is 0 Å². The number of aromatic nitrogens is 2. The standard InChI is InChI=1S/C26H25N3O2/c1-20-6-4-8-24(16-20)31-19-26(30)27-17-23-7-2-3-9-25(23)22-12-10-21(11-13-22)18-29-15-5-14-28-29/h2-16H,17-19H2,1H3,(H,27,30). The average molecular weight is 412 g/mol. The Morgan fingerprint density at radius 2 is 1.84 bits per heavy atom. The first kappa shape index (κ1) is 20.4. The quantitative estimate of drug-likeness (QED) is 0.461. The first-order chi connectivity index (χ1) is 15.2. The van der Waals surface area contributed by atoms with Gasteiger partial charge in [0.2, 0.25) is 0 Å². The third kappa shape index (κ3) is 5.60. The lowest BCUT2D eigenvalue weighted by Crippen LogP contribution is -2.28. The minimum absolute atomic E-state index is 0.00620. The van der Waals surface area contributed by atoms with E-state index in [2.05, 4.69) is 40.7 Å². The number of rotatable bonds is 8. The van der Waals surface area contributed by atoms with Gasteiger partial charge in [0.1, 0.15) is 5.75 Å². The van der Waals surface area contributed by atoms with Crippen LogP contribution in [0, 0.1) is 6.92 Å². The Kier molecular flexibility index (Phi) is 6.43. The van der Waals surface area contributed by atoms with Crippen molar-refractivity contribution in [2.75, 3.05) is 6.61 Å². The summed E-state index contributed by atoms with van der Waals surface area (Å²) < 4.78 is 7.49. The molecule has 0 fully saturated rings. The molecule has 0 aliphatic carbocycles. The molecule has 0 unspecified atom stereocenters. The first-order valence-electron chi connectivity index (χ1n) is 10.3. The molecule has 1 N–H and O–H groups in total. The van der Waals surface area contributed by atoms with Crippen LogP contribution in [0.15, 0.2) is 91.3 Å². The lowest BCUT2D eigenvalue weighted by atomic mass is 9.98. The van der Waals surface area contributed by atoms with Crippen molar-refractivity contribution >= 4 is 5.91 Å². The lowest BCUT2D eigenvalue weighted by Gasteiger charge is -2.12. The summed E-state index contributed by atoms with van der Waals surface area (Å²) in [5, 5.41) is 7.21. The summed E-state index contributed by atoms with van der Waals surface area (Å²) in [7, 11) is 0. The SMILES string of the molecule is Cc1cccc(OCC(=O)NCc2ccccc2-c2ccc(Cn3cccn3)cc2)c1. The van der Waals surface area contributed by atoms with Crippen molar-refractivity contribution in [1.82, 2.24) is 15.1 Å². The fourth-order valence-corrected chi connectivity index (χ4v) is 3.43. The summed E-state index contributed by atoms with van der Waals surface area (Å²) in [6, 6.07) is 26.2. The summed E-state index contributed by atoms with van der Waals surface area (Å²) in [5.41, 5.74) is 5.57. The van der Waals surface area contributed by atoms with Gasteiger partial charge in [0.25, 0.3) is 5.91 Å². The van der Waals surface area contributed by atoms with Crippen LogP contribution in [-0.2, 0) is 17.9 Å². The largest absolute Gasteiger partial charge is 0.484 e. The highest BCUT2D eigenvalue weighted by atomic mass is 16.5. The second kappa shape index (κ2) is 9.76. The van der Waals surface area contributed by atoms with Crippen LogP contribution in [0.2, 0.25) is 0 Å². The van der Waals surface area contributed by atoms with E-state index in [1.54, 1.807) is 6.20 Å². The van der Waals surface area contributed by atoms with Crippen molar-refractivity contribution < 1.29 is 9.53 Å². The van der Waals surface area contributed by atoms with Crippen LogP contribution in [0.25, 0.3) is 11.1 Å². The Hall–Kier alpha value is -3.86. The number of carbonyl (C=O) groups is 1. The van der Waals surface area contributed by atoms with Gasteiger partial charge in [0.05, 0.1) is 6.54 Å². The lowest BCUT2D eigenvalue weighted by molar-refractivity contribution is -0.123. The zero-order valence-electron chi connectivity index (χ0n) is 17.5. The molecule has 0 aliphatic heterocycles. The molecule has 0 saturated heterocycles. The van der Waals surface area contributed by atoms with Crippen LogP contribution in [-0.4, -0.2) is 22.3 Å². The van der Waals surface area contributed by atoms with E-state index in [1.807, 2.05) is 66.3 Å². The molecule has 0 atom stereocenters. The van der Waals surface area contributed by atoms with Gasteiger partial charge in [-0.2, -0.15) is 5.10 Å². The molecule has 0 aliphatic rings. The predicted octanol–water partition coefficient (Wildman–Crippen LogP) is 4.60. The second-order valence-corrected chi connectivity index (χ2v) is 7.44. The van der Waals surface area contributed by atoms with Crippen molar-refractivity contribution in [2.45, 2.75) is 20.0 Å². The molecule has 0 spiro atoms. The van der Waals surface area contributed by atoms with Crippen LogP contribution in [0.3, 0.4) is 0 Å². The Labute approximate surface area is 182 Å². The monoisotopic (exact) mass is 411 g/mol. The van der Waals surface area contributed by atoms with Gasteiger partial charge < -0.3 is 10.1 Å². The van der Waals surface area contributed by atoms with Gasteiger partial charge in [-0.1, -0.05) is 60.7 Å². The smallest absolute Gasteiger partial charge is 0.258 e. The zero-order chi connectivity index (χ0) is 21.5. The van der Waals surface area contributed by atoms with Gasteiger partial charge in [0, 0.05) is 18.9 Å². The fourth-order valence-electron chi connectivity index (χ4n) is 3.43. The molecular formula is C26H25N3O2. The Morgan fingerprint density at radius 1 is 1.00 bits per heavy atom. The van der Waals surface area contributed by atoms with Gasteiger partial charge in [-0.05, 0) is 52.9 Å². The molecule has 0 saturated carbocycles. The number of carbonyl (C=O) groups excluding carboxylic acids is 1. The molecular weight excluding hydrogens is 386 g/mol. The minimum atomic E-state index is -0.147. The van der Waals surface area contributed by atoms with Crippen molar-refractivity contribution in [3.63, 3.8) is 0 Å². The number of amides is 1. The molecule has 1 heterocycles. The number of nitrogens with zero attached hydrogens (tertiary/aromatic N) is 2. The Morgan fingerprint density at radius 3 is 2.61 bits per heavy atom. The van der Waals surface area contributed by atoms with E-state index >= 15 is 0 Å². The Bertz CT molecular complexity index is 1140. The maximum atomic E-state index is 12.3. The highest BCUT2D eigenvalue weighted by Gasteiger charge is 2.08. The van der Waals surface area contributed by atoms with Gasteiger partial charge in [-0.15, -0.1) is 0 Å². The molecule has 5 nitrogen and oxygen atoms in total. The summed E-state index contributed by atoms with van der Waals surface area (Å²) in [6.45, 7) is 3.18. The molecule has 4 aromatic rings. The van der Waals surface area contributed by atoms with Crippen LogP contribution in [0.1, 0.15) is 16.7 Å². The number of benzene rings is 3. The second-order valence-electron chi connectivity index (χ2n) is 7.44. The third-order valence-corrected chi connectivity index (χ3v) is 5.02. The van der Waals surface area contributed by atoms with Gasteiger partial charge in [-0.3, -0.25) is 9.48 Å². The predicted molar refractivity (Wildman–Crippen MR) is 122 cm³/mol. The highest BCUT2D eigenvalue weighted by Crippen LogP contribution is 2.24. The number of hydrogen-bond acceptors (Lipinski definition) is 3. The first-order valence-corrected chi connectivity index (χ1v) is 10.3. The summed E-state index contributed by atoms with van der Waals surface area (Å²) in [6.07, 6.45) is 3.74. The van der Waals surface area contributed by atoms with Crippen LogP contribution < -0.4 is 10.1 Å².